The van der Waals surface area contributed by atoms with Crippen LogP contribution in [0, 0.1) is 6.92 Å². The summed E-state index contributed by atoms with van der Waals surface area (Å²) >= 11 is 5.78. The van der Waals surface area contributed by atoms with Gasteiger partial charge in [0.25, 0.3) is 0 Å². The van der Waals surface area contributed by atoms with Gasteiger partial charge in [0.1, 0.15) is 5.82 Å². The van der Waals surface area contributed by atoms with E-state index in [-0.39, 0.29) is 0 Å². The highest BCUT2D eigenvalue weighted by molar-refractivity contribution is 6.16. The van der Waals surface area contributed by atoms with Crippen molar-refractivity contribution in [2.24, 2.45) is 0 Å². The number of aryl methyl sites for hydroxylation is 1. The molecule has 0 radical (unpaired) electrons. The van der Waals surface area contributed by atoms with E-state index in [9.17, 15) is 0 Å². The van der Waals surface area contributed by atoms with E-state index in [4.69, 9.17) is 11.6 Å². The molecule has 0 fully saturated rings. The Morgan fingerprint density at radius 3 is 2.67 bits per heavy atom. The summed E-state index contributed by atoms with van der Waals surface area (Å²) in [7, 11) is 0. The maximum absolute atomic E-state index is 5.78. The van der Waals surface area contributed by atoms with Crippen molar-refractivity contribution in [3.05, 3.63) is 53.6 Å². The lowest BCUT2D eigenvalue weighted by atomic mass is 10.1. The highest BCUT2D eigenvalue weighted by atomic mass is 35.5. The van der Waals surface area contributed by atoms with Gasteiger partial charge in [-0.25, -0.2) is 4.98 Å². The zero-order chi connectivity index (χ0) is 10.7. The number of hydrogen-bond acceptors (Lipinski definition) is 1. The lowest BCUT2D eigenvalue weighted by Gasteiger charge is -2.06. The Labute approximate surface area is 94.5 Å². The number of alkyl halides is 1. The van der Waals surface area contributed by atoms with Crippen molar-refractivity contribution in [3.8, 4) is 0 Å². The van der Waals surface area contributed by atoms with E-state index >= 15 is 0 Å². The molecule has 0 unspecified atom stereocenters. The zero-order valence-corrected chi connectivity index (χ0v) is 9.41. The third-order valence-electron chi connectivity index (χ3n) is 2.39. The molecule has 0 aliphatic rings. The second kappa shape index (κ2) is 4.49. The van der Waals surface area contributed by atoms with Crippen LogP contribution in [0.15, 0.2) is 36.7 Å². The molecule has 0 aliphatic carbocycles. The van der Waals surface area contributed by atoms with Gasteiger partial charge in [-0.2, -0.15) is 0 Å². The average Bonchev–Trinajstić information content (AvgIpc) is 2.69. The quantitative estimate of drug-likeness (QED) is 0.728. The molecule has 3 heteroatoms. The molecule has 78 valence electrons. The minimum atomic E-state index is 0.457. The van der Waals surface area contributed by atoms with E-state index in [1.807, 2.05) is 6.20 Å². The molecule has 0 N–H and O–H groups in total. The van der Waals surface area contributed by atoms with Gasteiger partial charge >= 0.3 is 0 Å². The lowest BCUT2D eigenvalue weighted by Crippen LogP contribution is -2.02. The van der Waals surface area contributed by atoms with Crippen LogP contribution in [-0.2, 0) is 12.4 Å². The van der Waals surface area contributed by atoms with Gasteiger partial charge in [0, 0.05) is 18.9 Å². The molecule has 0 aliphatic heterocycles. The van der Waals surface area contributed by atoms with Gasteiger partial charge in [-0.15, -0.1) is 11.6 Å². The first-order chi connectivity index (χ1) is 7.29. The predicted molar refractivity (Wildman–Crippen MR) is 62.1 cm³/mol. The fourth-order valence-electron chi connectivity index (χ4n) is 1.51. The minimum absolute atomic E-state index is 0.457. The van der Waals surface area contributed by atoms with Crippen molar-refractivity contribution in [1.82, 2.24) is 9.55 Å². The SMILES string of the molecule is Cc1ccc(Cn2ccnc2CCl)cc1. The van der Waals surface area contributed by atoms with E-state index in [1.165, 1.54) is 11.1 Å². The fraction of sp³-hybridized carbons (Fsp3) is 0.250. The molecule has 1 heterocycles. The van der Waals surface area contributed by atoms with E-state index in [0.717, 1.165) is 12.4 Å². The molecule has 0 saturated heterocycles. The van der Waals surface area contributed by atoms with Gasteiger partial charge in [-0.1, -0.05) is 29.8 Å². The summed E-state index contributed by atoms with van der Waals surface area (Å²) in [4.78, 5) is 4.18. The van der Waals surface area contributed by atoms with Crippen molar-refractivity contribution in [2.45, 2.75) is 19.3 Å². The number of imidazole rings is 1. The van der Waals surface area contributed by atoms with E-state index in [2.05, 4.69) is 40.7 Å². The Morgan fingerprint density at radius 2 is 2.00 bits per heavy atom. The molecule has 1 aromatic carbocycles. The molecular weight excluding hydrogens is 208 g/mol. The first-order valence-corrected chi connectivity index (χ1v) is 5.44. The molecule has 0 saturated carbocycles. The van der Waals surface area contributed by atoms with Gasteiger partial charge in [0.2, 0.25) is 0 Å². The van der Waals surface area contributed by atoms with Crippen LogP contribution in [0.5, 0.6) is 0 Å². The average molecular weight is 221 g/mol. The van der Waals surface area contributed by atoms with Gasteiger partial charge < -0.3 is 4.57 Å². The highest BCUT2D eigenvalue weighted by Gasteiger charge is 2.01. The molecule has 0 amide bonds. The molecular formula is C12H13ClN2. The third kappa shape index (κ3) is 2.39. The Morgan fingerprint density at radius 1 is 1.27 bits per heavy atom. The summed E-state index contributed by atoms with van der Waals surface area (Å²) in [6, 6.07) is 8.50. The van der Waals surface area contributed by atoms with Crippen molar-refractivity contribution >= 4 is 11.6 Å². The maximum atomic E-state index is 5.78. The van der Waals surface area contributed by atoms with Crippen LogP contribution in [0.1, 0.15) is 17.0 Å². The molecule has 0 atom stereocenters. The maximum Gasteiger partial charge on any atom is 0.123 e. The Balaban J connectivity index is 2.18. The number of benzene rings is 1. The Kier molecular flexibility index (Phi) is 3.07. The second-order valence-electron chi connectivity index (χ2n) is 3.59. The topological polar surface area (TPSA) is 17.8 Å². The number of rotatable bonds is 3. The van der Waals surface area contributed by atoms with Crippen LogP contribution in [0.3, 0.4) is 0 Å². The summed E-state index contributed by atoms with van der Waals surface area (Å²) < 4.78 is 2.07. The zero-order valence-electron chi connectivity index (χ0n) is 8.65. The molecule has 15 heavy (non-hydrogen) atoms. The van der Waals surface area contributed by atoms with Crippen LogP contribution in [0.2, 0.25) is 0 Å². The minimum Gasteiger partial charge on any atom is -0.330 e. The summed E-state index contributed by atoms with van der Waals surface area (Å²) in [6.07, 6.45) is 3.74. The third-order valence-corrected chi connectivity index (χ3v) is 2.63. The summed E-state index contributed by atoms with van der Waals surface area (Å²) in [6.45, 7) is 2.92. The van der Waals surface area contributed by atoms with E-state index < -0.39 is 0 Å². The monoisotopic (exact) mass is 220 g/mol. The van der Waals surface area contributed by atoms with Crippen molar-refractivity contribution in [2.75, 3.05) is 0 Å². The van der Waals surface area contributed by atoms with Gasteiger partial charge in [0.15, 0.2) is 0 Å². The van der Waals surface area contributed by atoms with Crippen molar-refractivity contribution in [1.29, 1.82) is 0 Å². The molecule has 0 bridgehead atoms. The summed E-state index contributed by atoms with van der Waals surface area (Å²) in [5.41, 5.74) is 2.55. The van der Waals surface area contributed by atoms with E-state index in [0.29, 0.717) is 5.88 Å². The number of nitrogens with zero attached hydrogens (tertiary/aromatic N) is 2. The highest BCUT2D eigenvalue weighted by Crippen LogP contribution is 2.08. The van der Waals surface area contributed by atoms with Gasteiger partial charge in [-0.05, 0) is 12.5 Å². The molecule has 1 aromatic heterocycles. The van der Waals surface area contributed by atoms with Crippen LogP contribution < -0.4 is 0 Å². The van der Waals surface area contributed by atoms with Crippen LogP contribution in [-0.4, -0.2) is 9.55 Å². The number of aromatic nitrogens is 2. The molecule has 0 spiro atoms. The molecule has 2 rings (SSSR count). The first kappa shape index (κ1) is 10.2. The Hall–Kier alpha value is -1.28. The summed E-state index contributed by atoms with van der Waals surface area (Å²) in [5, 5.41) is 0. The van der Waals surface area contributed by atoms with Crippen molar-refractivity contribution < 1.29 is 0 Å². The number of hydrogen-bond donors (Lipinski definition) is 0. The van der Waals surface area contributed by atoms with Crippen LogP contribution in [0.4, 0.5) is 0 Å². The van der Waals surface area contributed by atoms with Crippen molar-refractivity contribution in [3.63, 3.8) is 0 Å². The fourth-order valence-corrected chi connectivity index (χ4v) is 1.73. The second-order valence-corrected chi connectivity index (χ2v) is 3.86. The largest absolute Gasteiger partial charge is 0.330 e. The lowest BCUT2D eigenvalue weighted by molar-refractivity contribution is 0.755. The standard InChI is InChI=1S/C12H13ClN2/c1-10-2-4-11(5-3-10)9-15-7-6-14-12(15)8-13/h2-7H,8-9H2,1H3. The van der Waals surface area contributed by atoms with Gasteiger partial charge in [0.05, 0.1) is 5.88 Å². The smallest absolute Gasteiger partial charge is 0.123 e. The van der Waals surface area contributed by atoms with Crippen LogP contribution in [0.25, 0.3) is 0 Å². The van der Waals surface area contributed by atoms with Crippen LogP contribution >= 0.6 is 11.6 Å². The summed E-state index contributed by atoms with van der Waals surface area (Å²) in [5.74, 6) is 1.37. The molecule has 2 nitrogen and oxygen atoms in total. The normalized spacial score (nSPS) is 10.5. The number of halogens is 1. The van der Waals surface area contributed by atoms with E-state index in [1.54, 1.807) is 6.20 Å². The molecule has 2 aromatic rings. The first-order valence-electron chi connectivity index (χ1n) is 4.91. The van der Waals surface area contributed by atoms with Gasteiger partial charge in [-0.3, -0.25) is 0 Å². The Bertz CT molecular complexity index is 431. The predicted octanol–water partition coefficient (Wildman–Crippen LogP) is 2.98.